The molecule has 0 atom stereocenters. The lowest BCUT2D eigenvalue weighted by Crippen LogP contribution is -2.31. The molecule has 2 N–H and O–H groups in total. The van der Waals surface area contributed by atoms with E-state index >= 15 is 0 Å². The van der Waals surface area contributed by atoms with Crippen LogP contribution in [0.5, 0.6) is 0 Å². The number of carbonyl (C=O) groups excluding carboxylic acids is 1. The second-order valence-corrected chi connectivity index (χ2v) is 5.57. The Labute approximate surface area is 118 Å². The topological polar surface area (TPSA) is 78.0 Å². The highest BCUT2D eigenvalue weighted by molar-refractivity contribution is 9.10. The molecular formula is C13H14BrN3O2. The number of nitrogens with zero attached hydrogens (tertiary/aromatic N) is 2. The van der Waals surface area contributed by atoms with Crippen LogP contribution in [-0.2, 0) is 11.3 Å². The summed E-state index contributed by atoms with van der Waals surface area (Å²) in [6, 6.07) is 5.39. The monoisotopic (exact) mass is 323 g/mol. The smallest absolute Gasteiger partial charge is 0.275 e. The van der Waals surface area contributed by atoms with Gasteiger partial charge in [0.25, 0.3) is 5.56 Å². The second kappa shape index (κ2) is 5.13. The highest BCUT2D eigenvalue weighted by Gasteiger charge is 2.14. The van der Waals surface area contributed by atoms with Gasteiger partial charge in [-0.05, 0) is 24.1 Å². The first-order valence-corrected chi connectivity index (χ1v) is 6.68. The van der Waals surface area contributed by atoms with E-state index in [1.165, 1.54) is 0 Å². The van der Waals surface area contributed by atoms with Crippen molar-refractivity contribution >= 4 is 32.6 Å². The van der Waals surface area contributed by atoms with Crippen LogP contribution < -0.4 is 11.3 Å². The van der Waals surface area contributed by atoms with E-state index in [2.05, 4.69) is 21.0 Å². The van der Waals surface area contributed by atoms with Gasteiger partial charge in [0.15, 0.2) is 0 Å². The van der Waals surface area contributed by atoms with Crippen molar-refractivity contribution < 1.29 is 4.79 Å². The average molecular weight is 324 g/mol. The molecule has 0 saturated heterocycles. The minimum Gasteiger partial charge on any atom is -0.368 e. The summed E-state index contributed by atoms with van der Waals surface area (Å²) in [4.78, 5) is 23.2. The minimum absolute atomic E-state index is 0.136. The molecule has 0 fully saturated rings. The Morgan fingerprint density at radius 1 is 1.42 bits per heavy atom. The Morgan fingerprint density at radius 3 is 2.68 bits per heavy atom. The lowest BCUT2D eigenvalue weighted by molar-refractivity contribution is -0.118. The van der Waals surface area contributed by atoms with Crippen molar-refractivity contribution in [1.29, 1.82) is 0 Å². The molecule has 100 valence electrons. The molecule has 6 heteroatoms. The van der Waals surface area contributed by atoms with Crippen molar-refractivity contribution in [2.45, 2.75) is 26.3 Å². The van der Waals surface area contributed by atoms with E-state index in [-0.39, 0.29) is 18.0 Å². The maximum absolute atomic E-state index is 12.2. The molecule has 0 bridgehead atoms. The molecule has 1 aromatic carbocycles. The van der Waals surface area contributed by atoms with Crippen LogP contribution in [0.1, 0.15) is 25.5 Å². The molecule has 1 amide bonds. The number of benzene rings is 1. The molecule has 19 heavy (non-hydrogen) atoms. The fraction of sp³-hybridized carbons (Fsp3) is 0.308. The number of hydrogen-bond donors (Lipinski definition) is 1. The van der Waals surface area contributed by atoms with Crippen LogP contribution in [0.2, 0.25) is 0 Å². The molecule has 0 saturated carbocycles. The van der Waals surface area contributed by atoms with Crippen molar-refractivity contribution in [1.82, 2.24) is 9.78 Å². The quantitative estimate of drug-likeness (QED) is 0.934. The van der Waals surface area contributed by atoms with Gasteiger partial charge in [-0.25, -0.2) is 4.68 Å². The molecular weight excluding hydrogens is 310 g/mol. The van der Waals surface area contributed by atoms with Crippen LogP contribution in [0.25, 0.3) is 10.8 Å². The summed E-state index contributed by atoms with van der Waals surface area (Å²) in [6.07, 6.45) is 0. The van der Waals surface area contributed by atoms with E-state index in [1.807, 2.05) is 19.9 Å². The van der Waals surface area contributed by atoms with Crippen molar-refractivity contribution in [3.63, 3.8) is 0 Å². The standard InChI is InChI=1S/C13H14BrN3O2/c1-7(2)12-10-5-8(14)3-4-9(10)13(19)17(16-12)6-11(15)18/h3-5,7H,6H2,1-2H3,(H2,15,18). The Bertz CT molecular complexity index is 707. The van der Waals surface area contributed by atoms with Gasteiger partial charge < -0.3 is 5.73 Å². The SMILES string of the molecule is CC(C)c1nn(CC(N)=O)c(=O)c2ccc(Br)cc12. The van der Waals surface area contributed by atoms with E-state index in [0.29, 0.717) is 5.39 Å². The number of halogens is 1. The second-order valence-electron chi connectivity index (χ2n) is 4.66. The summed E-state index contributed by atoms with van der Waals surface area (Å²) in [5, 5.41) is 5.61. The van der Waals surface area contributed by atoms with Gasteiger partial charge >= 0.3 is 0 Å². The molecule has 0 radical (unpaired) electrons. The number of amides is 1. The highest BCUT2D eigenvalue weighted by Crippen LogP contribution is 2.24. The zero-order valence-corrected chi connectivity index (χ0v) is 12.3. The number of fused-ring (bicyclic) bond motifs is 1. The zero-order chi connectivity index (χ0) is 14.2. The molecule has 0 aliphatic heterocycles. The third-order valence-corrected chi connectivity index (χ3v) is 3.30. The van der Waals surface area contributed by atoms with Gasteiger partial charge in [0.2, 0.25) is 5.91 Å². The van der Waals surface area contributed by atoms with Crippen molar-refractivity contribution in [3.05, 3.63) is 38.7 Å². The Balaban J connectivity index is 2.82. The zero-order valence-electron chi connectivity index (χ0n) is 10.7. The van der Waals surface area contributed by atoms with Crippen molar-refractivity contribution in [2.75, 3.05) is 0 Å². The average Bonchev–Trinajstić information content (AvgIpc) is 2.31. The Hall–Kier alpha value is -1.69. The van der Waals surface area contributed by atoms with Gasteiger partial charge in [0.05, 0.1) is 11.1 Å². The number of carbonyl (C=O) groups is 1. The summed E-state index contributed by atoms with van der Waals surface area (Å²) < 4.78 is 2.02. The normalized spacial score (nSPS) is 11.2. The fourth-order valence-corrected chi connectivity index (χ4v) is 2.33. The minimum atomic E-state index is -0.583. The predicted octanol–water partition coefficient (Wildman–Crippen LogP) is 1.77. The van der Waals surface area contributed by atoms with Gasteiger partial charge in [-0.1, -0.05) is 29.8 Å². The van der Waals surface area contributed by atoms with E-state index < -0.39 is 5.91 Å². The summed E-state index contributed by atoms with van der Waals surface area (Å²) in [5.74, 6) is -0.447. The van der Waals surface area contributed by atoms with Gasteiger partial charge in [0, 0.05) is 9.86 Å². The largest absolute Gasteiger partial charge is 0.368 e. The molecule has 1 aromatic heterocycles. The first-order valence-electron chi connectivity index (χ1n) is 5.88. The summed E-state index contributed by atoms with van der Waals surface area (Å²) >= 11 is 3.39. The van der Waals surface area contributed by atoms with Gasteiger partial charge in [0.1, 0.15) is 6.54 Å². The molecule has 2 rings (SSSR count). The Morgan fingerprint density at radius 2 is 2.11 bits per heavy atom. The number of aromatic nitrogens is 2. The van der Waals surface area contributed by atoms with E-state index in [1.54, 1.807) is 12.1 Å². The van der Waals surface area contributed by atoms with Gasteiger partial charge in [-0.2, -0.15) is 5.10 Å². The number of primary amides is 1. The maximum atomic E-state index is 12.2. The van der Waals surface area contributed by atoms with Crippen LogP contribution in [-0.4, -0.2) is 15.7 Å². The molecule has 1 heterocycles. The molecule has 0 aliphatic carbocycles. The summed E-state index contributed by atoms with van der Waals surface area (Å²) in [6.45, 7) is 3.77. The summed E-state index contributed by atoms with van der Waals surface area (Å²) in [7, 11) is 0. The maximum Gasteiger partial charge on any atom is 0.275 e. The molecule has 0 aliphatic rings. The van der Waals surface area contributed by atoms with Crippen LogP contribution in [0.3, 0.4) is 0 Å². The fourth-order valence-electron chi connectivity index (χ4n) is 1.96. The number of rotatable bonds is 3. The van der Waals surface area contributed by atoms with Crippen molar-refractivity contribution in [2.24, 2.45) is 5.73 Å². The Kier molecular flexibility index (Phi) is 3.71. The van der Waals surface area contributed by atoms with Crippen LogP contribution in [0.15, 0.2) is 27.5 Å². The highest BCUT2D eigenvalue weighted by atomic mass is 79.9. The first kappa shape index (κ1) is 13.7. The van der Waals surface area contributed by atoms with E-state index in [9.17, 15) is 9.59 Å². The third kappa shape index (κ3) is 2.68. The lowest BCUT2D eigenvalue weighted by Gasteiger charge is -2.12. The van der Waals surface area contributed by atoms with Gasteiger partial charge in [-0.3, -0.25) is 9.59 Å². The van der Waals surface area contributed by atoms with Crippen LogP contribution in [0, 0.1) is 0 Å². The molecule has 0 spiro atoms. The molecule has 5 nitrogen and oxygen atoms in total. The van der Waals surface area contributed by atoms with E-state index in [0.717, 1.165) is 20.2 Å². The van der Waals surface area contributed by atoms with Crippen LogP contribution >= 0.6 is 15.9 Å². The van der Waals surface area contributed by atoms with Crippen LogP contribution in [0.4, 0.5) is 0 Å². The summed E-state index contributed by atoms with van der Waals surface area (Å²) in [5.41, 5.74) is 5.62. The predicted molar refractivity (Wildman–Crippen MR) is 77.0 cm³/mol. The van der Waals surface area contributed by atoms with Gasteiger partial charge in [-0.15, -0.1) is 0 Å². The third-order valence-electron chi connectivity index (χ3n) is 2.80. The molecule has 0 unspecified atom stereocenters. The first-order chi connectivity index (χ1) is 8.90. The lowest BCUT2D eigenvalue weighted by atomic mass is 10.0. The number of hydrogen-bond acceptors (Lipinski definition) is 3. The van der Waals surface area contributed by atoms with E-state index in [4.69, 9.17) is 5.73 Å². The number of nitrogens with two attached hydrogens (primary N) is 1. The van der Waals surface area contributed by atoms with Crippen molar-refractivity contribution in [3.8, 4) is 0 Å². The molecule has 2 aromatic rings.